The van der Waals surface area contributed by atoms with Crippen LogP contribution < -0.4 is 5.73 Å². The maximum Gasteiger partial charge on any atom is 0.282 e. The van der Waals surface area contributed by atoms with Gasteiger partial charge in [0.15, 0.2) is 0 Å². The third-order valence-electron chi connectivity index (χ3n) is 3.04. The van der Waals surface area contributed by atoms with Gasteiger partial charge in [-0.3, -0.25) is 0 Å². The Morgan fingerprint density at radius 2 is 1.83 bits per heavy atom. The van der Waals surface area contributed by atoms with Crippen LogP contribution in [-0.2, 0) is 14.9 Å². The molecule has 0 aromatic carbocycles. The van der Waals surface area contributed by atoms with Crippen LogP contribution in [-0.4, -0.2) is 62.0 Å². The molecule has 18 heavy (non-hydrogen) atoms. The average molecular weight is 302 g/mol. The summed E-state index contributed by atoms with van der Waals surface area (Å²) in [6, 6.07) is -0.201. The van der Waals surface area contributed by atoms with E-state index < -0.39 is 10.2 Å². The average Bonchev–Trinajstić information content (AvgIpc) is 2.25. The third-order valence-corrected chi connectivity index (χ3v) is 5.08. The third kappa shape index (κ3) is 4.04. The Kier molecular flexibility index (Phi) is 7.05. The summed E-state index contributed by atoms with van der Waals surface area (Å²) in [5.41, 5.74) is 5.50. The van der Waals surface area contributed by atoms with Gasteiger partial charge in [0.05, 0.1) is 12.2 Å². The van der Waals surface area contributed by atoms with E-state index >= 15 is 0 Å². The smallest absolute Gasteiger partial charge is 0.282 e. The van der Waals surface area contributed by atoms with E-state index in [0.29, 0.717) is 19.6 Å². The number of ether oxygens (including phenoxy) is 1. The second-order valence-corrected chi connectivity index (χ2v) is 6.67. The van der Waals surface area contributed by atoms with E-state index in [0.717, 1.165) is 0 Å². The predicted molar refractivity (Wildman–Crippen MR) is 74.0 cm³/mol. The summed E-state index contributed by atoms with van der Waals surface area (Å²) in [4.78, 5) is 0. The number of nitrogens with two attached hydrogens (primary N) is 1. The molecule has 6 nitrogen and oxygen atoms in total. The minimum Gasteiger partial charge on any atom is -0.373 e. The zero-order valence-electron chi connectivity index (χ0n) is 11.4. The lowest BCUT2D eigenvalue weighted by atomic mass is 10.3. The van der Waals surface area contributed by atoms with Crippen LogP contribution >= 0.6 is 12.4 Å². The van der Waals surface area contributed by atoms with Crippen LogP contribution in [0.1, 0.15) is 20.8 Å². The Bertz CT molecular complexity index is 342. The van der Waals surface area contributed by atoms with Gasteiger partial charge in [-0.15, -0.1) is 12.4 Å². The summed E-state index contributed by atoms with van der Waals surface area (Å²) in [5.74, 6) is 0. The van der Waals surface area contributed by atoms with E-state index in [1.807, 2.05) is 13.8 Å². The molecular weight excluding hydrogens is 278 g/mol. The Morgan fingerprint density at radius 3 is 2.22 bits per heavy atom. The summed E-state index contributed by atoms with van der Waals surface area (Å²) in [6.45, 7) is 6.66. The number of nitrogens with zero attached hydrogens (tertiary/aromatic N) is 2. The SMILES string of the molecule is CC1CN(S(=O)(=O)N(C)C(C)CN)CC(C)O1.Cl. The zero-order valence-corrected chi connectivity index (χ0v) is 13.0. The molecule has 2 N–H and O–H groups in total. The summed E-state index contributed by atoms with van der Waals surface area (Å²) in [7, 11) is -1.87. The van der Waals surface area contributed by atoms with Crippen LogP contribution in [0.4, 0.5) is 0 Å². The molecule has 0 bridgehead atoms. The van der Waals surface area contributed by atoms with E-state index in [1.54, 1.807) is 14.0 Å². The first-order valence-electron chi connectivity index (χ1n) is 5.87. The van der Waals surface area contributed by atoms with Crippen molar-refractivity contribution >= 4 is 22.6 Å². The van der Waals surface area contributed by atoms with E-state index in [2.05, 4.69) is 0 Å². The van der Waals surface area contributed by atoms with Crippen molar-refractivity contribution in [2.45, 2.75) is 39.0 Å². The van der Waals surface area contributed by atoms with Crippen molar-refractivity contribution in [3.63, 3.8) is 0 Å². The fourth-order valence-electron chi connectivity index (χ4n) is 1.88. The van der Waals surface area contributed by atoms with E-state index in [9.17, 15) is 8.42 Å². The lowest BCUT2D eigenvalue weighted by Gasteiger charge is -2.37. The molecule has 3 unspecified atom stereocenters. The van der Waals surface area contributed by atoms with Crippen molar-refractivity contribution in [3.8, 4) is 0 Å². The molecule has 0 radical (unpaired) electrons. The number of halogens is 1. The molecule has 1 aliphatic rings. The van der Waals surface area contributed by atoms with Crippen molar-refractivity contribution < 1.29 is 13.2 Å². The fourth-order valence-corrected chi connectivity index (χ4v) is 3.58. The molecule has 1 fully saturated rings. The molecular formula is C10H24ClN3O3S. The fraction of sp³-hybridized carbons (Fsp3) is 1.00. The number of morpholine rings is 1. The highest BCUT2D eigenvalue weighted by atomic mass is 35.5. The molecule has 1 rings (SSSR count). The molecule has 110 valence electrons. The number of likely N-dealkylation sites (N-methyl/N-ethyl adjacent to an activating group) is 1. The van der Waals surface area contributed by atoms with Crippen LogP contribution in [0.3, 0.4) is 0 Å². The Labute approximate surface area is 116 Å². The molecule has 0 amide bonds. The Hall–Kier alpha value is 0.0800. The van der Waals surface area contributed by atoms with E-state index in [-0.39, 0.29) is 30.7 Å². The van der Waals surface area contributed by atoms with Crippen LogP contribution in [0, 0.1) is 0 Å². The van der Waals surface area contributed by atoms with Gasteiger partial charge in [0.1, 0.15) is 0 Å². The molecule has 0 aliphatic carbocycles. The summed E-state index contributed by atoms with van der Waals surface area (Å²) in [6.07, 6.45) is -0.148. The Balaban J connectivity index is 0.00000289. The summed E-state index contributed by atoms with van der Waals surface area (Å²) in [5, 5.41) is 0. The van der Waals surface area contributed by atoms with Crippen molar-refractivity contribution in [3.05, 3.63) is 0 Å². The Morgan fingerprint density at radius 1 is 1.39 bits per heavy atom. The molecule has 1 saturated heterocycles. The van der Waals surface area contributed by atoms with Crippen molar-refractivity contribution in [2.75, 3.05) is 26.7 Å². The van der Waals surface area contributed by atoms with Gasteiger partial charge in [-0.1, -0.05) is 0 Å². The first-order valence-corrected chi connectivity index (χ1v) is 7.27. The molecule has 0 spiro atoms. The van der Waals surface area contributed by atoms with Gasteiger partial charge < -0.3 is 10.5 Å². The van der Waals surface area contributed by atoms with Crippen molar-refractivity contribution in [2.24, 2.45) is 5.73 Å². The molecule has 0 saturated carbocycles. The first kappa shape index (κ1) is 18.1. The van der Waals surface area contributed by atoms with E-state index in [1.165, 1.54) is 8.61 Å². The lowest BCUT2D eigenvalue weighted by Crippen LogP contribution is -2.54. The largest absolute Gasteiger partial charge is 0.373 e. The molecule has 0 aromatic rings. The predicted octanol–water partition coefficient (Wildman–Crippen LogP) is 0.0412. The minimum atomic E-state index is -3.43. The van der Waals surface area contributed by atoms with Crippen LogP contribution in [0.5, 0.6) is 0 Å². The number of rotatable bonds is 4. The van der Waals surface area contributed by atoms with Crippen molar-refractivity contribution in [1.29, 1.82) is 0 Å². The van der Waals surface area contributed by atoms with Crippen LogP contribution in [0.15, 0.2) is 0 Å². The number of hydrogen-bond acceptors (Lipinski definition) is 4. The highest BCUT2D eigenvalue weighted by molar-refractivity contribution is 7.86. The minimum absolute atomic E-state index is 0. The molecule has 1 heterocycles. The molecule has 8 heteroatoms. The topological polar surface area (TPSA) is 75.9 Å². The van der Waals surface area contributed by atoms with Gasteiger partial charge in [0.25, 0.3) is 10.2 Å². The van der Waals surface area contributed by atoms with Crippen molar-refractivity contribution in [1.82, 2.24) is 8.61 Å². The maximum absolute atomic E-state index is 12.3. The molecule has 3 atom stereocenters. The van der Waals surface area contributed by atoms with E-state index in [4.69, 9.17) is 10.5 Å². The van der Waals surface area contributed by atoms with Gasteiger partial charge in [0, 0.05) is 32.7 Å². The lowest BCUT2D eigenvalue weighted by molar-refractivity contribution is -0.0455. The molecule has 0 aromatic heterocycles. The second-order valence-electron chi connectivity index (χ2n) is 4.68. The summed E-state index contributed by atoms with van der Waals surface area (Å²) >= 11 is 0. The maximum atomic E-state index is 12.3. The highest BCUT2D eigenvalue weighted by Gasteiger charge is 2.35. The van der Waals surface area contributed by atoms with Gasteiger partial charge in [-0.05, 0) is 20.8 Å². The van der Waals surface area contributed by atoms with Gasteiger partial charge in [-0.2, -0.15) is 17.0 Å². The highest BCUT2D eigenvalue weighted by Crippen LogP contribution is 2.17. The normalized spacial score (nSPS) is 27.9. The quantitative estimate of drug-likeness (QED) is 0.795. The standard InChI is InChI=1S/C10H23N3O3S.ClH/c1-8(5-11)12(4)17(14,15)13-6-9(2)16-10(3)7-13;/h8-10H,5-7,11H2,1-4H3;1H. The van der Waals surface area contributed by atoms with Crippen LogP contribution in [0.2, 0.25) is 0 Å². The van der Waals surface area contributed by atoms with Gasteiger partial charge in [0.2, 0.25) is 0 Å². The molecule has 1 aliphatic heterocycles. The first-order chi connectivity index (χ1) is 7.78. The summed E-state index contributed by atoms with van der Waals surface area (Å²) < 4.78 is 33.0. The van der Waals surface area contributed by atoms with Gasteiger partial charge >= 0.3 is 0 Å². The van der Waals surface area contributed by atoms with Crippen LogP contribution in [0.25, 0.3) is 0 Å². The monoisotopic (exact) mass is 301 g/mol. The second kappa shape index (κ2) is 7.02. The van der Waals surface area contributed by atoms with Gasteiger partial charge in [-0.25, -0.2) is 0 Å². The zero-order chi connectivity index (χ0) is 13.2. The number of hydrogen-bond donors (Lipinski definition) is 1.